The molecule has 0 unspecified atom stereocenters. The molecule has 0 saturated carbocycles. The van der Waals surface area contributed by atoms with E-state index in [4.69, 9.17) is 11.6 Å². The number of carbonyl (C=O) groups is 1. The Morgan fingerprint density at radius 1 is 1.06 bits per heavy atom. The predicted molar refractivity (Wildman–Crippen MR) is 75.4 cm³/mol. The monoisotopic (exact) mass is 260 g/mol. The first-order chi connectivity index (χ1) is 8.69. The van der Waals surface area contributed by atoms with Crippen LogP contribution < -0.4 is 10.6 Å². The Labute approximate surface area is 111 Å². The fourth-order valence-electron chi connectivity index (χ4n) is 1.59. The number of halogens is 1. The number of hydrogen-bond acceptors (Lipinski definition) is 2. The van der Waals surface area contributed by atoms with Crippen molar-refractivity contribution in [3.8, 4) is 0 Å². The van der Waals surface area contributed by atoms with E-state index in [1.165, 1.54) is 0 Å². The molecule has 2 rings (SSSR count). The van der Waals surface area contributed by atoms with Crippen LogP contribution in [0.5, 0.6) is 0 Å². The fourth-order valence-corrected chi connectivity index (χ4v) is 1.78. The van der Waals surface area contributed by atoms with Gasteiger partial charge >= 0.3 is 0 Å². The van der Waals surface area contributed by atoms with Crippen LogP contribution in [0.3, 0.4) is 0 Å². The van der Waals surface area contributed by atoms with E-state index in [0.29, 0.717) is 16.3 Å². The third kappa shape index (κ3) is 3.02. The Balaban J connectivity index is 2.16. The second-order valence-corrected chi connectivity index (χ2v) is 4.23. The Morgan fingerprint density at radius 2 is 1.78 bits per heavy atom. The lowest BCUT2D eigenvalue weighted by Gasteiger charge is -2.07. The molecule has 18 heavy (non-hydrogen) atoms. The highest BCUT2D eigenvalue weighted by Crippen LogP contribution is 2.17. The Hall–Kier alpha value is -2.00. The first kappa shape index (κ1) is 12.5. The van der Waals surface area contributed by atoms with E-state index in [2.05, 4.69) is 10.6 Å². The average Bonchev–Trinajstić information content (AvgIpc) is 2.39. The molecular weight excluding hydrogens is 248 g/mol. The Morgan fingerprint density at radius 3 is 2.50 bits per heavy atom. The normalized spacial score (nSPS) is 9.89. The molecule has 0 heterocycles. The molecule has 0 bridgehead atoms. The van der Waals surface area contributed by atoms with Gasteiger partial charge in [0.1, 0.15) is 0 Å². The molecule has 1 amide bonds. The molecule has 0 aliphatic rings. The highest BCUT2D eigenvalue weighted by Gasteiger charge is 2.06. The van der Waals surface area contributed by atoms with Crippen LogP contribution in [0.1, 0.15) is 10.4 Å². The number of anilines is 2. The summed E-state index contributed by atoms with van der Waals surface area (Å²) < 4.78 is 0. The van der Waals surface area contributed by atoms with Crippen molar-refractivity contribution in [1.82, 2.24) is 0 Å². The minimum atomic E-state index is -0.158. The van der Waals surface area contributed by atoms with Gasteiger partial charge in [-0.3, -0.25) is 4.79 Å². The summed E-state index contributed by atoms with van der Waals surface area (Å²) >= 11 is 5.86. The topological polar surface area (TPSA) is 41.1 Å². The molecule has 0 saturated heterocycles. The third-order valence-electron chi connectivity index (χ3n) is 2.50. The van der Waals surface area contributed by atoms with Gasteiger partial charge in [-0.05, 0) is 36.4 Å². The van der Waals surface area contributed by atoms with E-state index in [-0.39, 0.29) is 5.91 Å². The van der Waals surface area contributed by atoms with E-state index >= 15 is 0 Å². The number of carbonyl (C=O) groups excluding carboxylic acids is 1. The molecule has 0 radical (unpaired) electrons. The smallest absolute Gasteiger partial charge is 0.255 e. The Bertz CT molecular complexity index is 569. The van der Waals surface area contributed by atoms with Gasteiger partial charge in [-0.15, -0.1) is 0 Å². The summed E-state index contributed by atoms with van der Waals surface area (Å²) in [6.45, 7) is 0. The maximum absolute atomic E-state index is 12.0. The highest BCUT2D eigenvalue weighted by atomic mass is 35.5. The SMILES string of the molecule is CNc1cccc(C(=O)Nc2cccc(Cl)c2)c1. The van der Waals surface area contributed by atoms with Gasteiger partial charge in [0.15, 0.2) is 0 Å². The van der Waals surface area contributed by atoms with Crippen molar-refractivity contribution in [2.45, 2.75) is 0 Å². The minimum Gasteiger partial charge on any atom is -0.388 e. The van der Waals surface area contributed by atoms with Gasteiger partial charge in [-0.25, -0.2) is 0 Å². The van der Waals surface area contributed by atoms with Crippen molar-refractivity contribution in [2.75, 3.05) is 17.7 Å². The van der Waals surface area contributed by atoms with Crippen molar-refractivity contribution in [2.24, 2.45) is 0 Å². The van der Waals surface area contributed by atoms with Crippen LogP contribution in [0.15, 0.2) is 48.5 Å². The molecule has 2 aromatic rings. The first-order valence-corrected chi connectivity index (χ1v) is 5.91. The summed E-state index contributed by atoms with van der Waals surface area (Å²) in [7, 11) is 1.81. The van der Waals surface area contributed by atoms with Crippen molar-refractivity contribution in [3.05, 3.63) is 59.1 Å². The lowest BCUT2D eigenvalue weighted by molar-refractivity contribution is 0.102. The first-order valence-electron chi connectivity index (χ1n) is 5.54. The van der Waals surface area contributed by atoms with Gasteiger partial charge in [0, 0.05) is 29.0 Å². The van der Waals surface area contributed by atoms with E-state index in [1.807, 2.05) is 19.2 Å². The summed E-state index contributed by atoms with van der Waals surface area (Å²) in [5.74, 6) is -0.158. The van der Waals surface area contributed by atoms with Crippen LogP contribution in [0.25, 0.3) is 0 Å². The second-order valence-electron chi connectivity index (χ2n) is 3.80. The van der Waals surface area contributed by atoms with Gasteiger partial charge < -0.3 is 10.6 Å². The quantitative estimate of drug-likeness (QED) is 0.885. The highest BCUT2D eigenvalue weighted by molar-refractivity contribution is 6.30. The Kier molecular flexibility index (Phi) is 3.85. The van der Waals surface area contributed by atoms with Crippen LogP contribution in [0, 0.1) is 0 Å². The summed E-state index contributed by atoms with van der Waals surface area (Å²) in [6, 6.07) is 14.4. The zero-order chi connectivity index (χ0) is 13.0. The molecule has 0 aromatic heterocycles. The molecule has 2 aromatic carbocycles. The zero-order valence-electron chi connectivity index (χ0n) is 9.91. The molecule has 0 aliphatic carbocycles. The van der Waals surface area contributed by atoms with Crippen LogP contribution in [-0.4, -0.2) is 13.0 Å². The van der Waals surface area contributed by atoms with Gasteiger partial charge in [-0.1, -0.05) is 23.7 Å². The van der Waals surface area contributed by atoms with Crippen molar-refractivity contribution in [3.63, 3.8) is 0 Å². The van der Waals surface area contributed by atoms with Crippen molar-refractivity contribution >= 4 is 28.9 Å². The van der Waals surface area contributed by atoms with Gasteiger partial charge in [0.2, 0.25) is 0 Å². The van der Waals surface area contributed by atoms with E-state index < -0.39 is 0 Å². The predicted octanol–water partition coefficient (Wildman–Crippen LogP) is 3.63. The third-order valence-corrected chi connectivity index (χ3v) is 2.73. The van der Waals surface area contributed by atoms with Crippen LogP contribution >= 0.6 is 11.6 Å². The summed E-state index contributed by atoms with van der Waals surface area (Å²) in [4.78, 5) is 12.0. The van der Waals surface area contributed by atoms with Crippen molar-refractivity contribution < 1.29 is 4.79 Å². The largest absolute Gasteiger partial charge is 0.388 e. The van der Waals surface area contributed by atoms with Crippen LogP contribution in [-0.2, 0) is 0 Å². The lowest BCUT2D eigenvalue weighted by Crippen LogP contribution is -2.11. The van der Waals surface area contributed by atoms with Crippen LogP contribution in [0.2, 0.25) is 5.02 Å². The molecule has 0 aliphatic heterocycles. The molecule has 3 nitrogen and oxygen atoms in total. The van der Waals surface area contributed by atoms with E-state index in [9.17, 15) is 4.79 Å². The number of hydrogen-bond donors (Lipinski definition) is 2. The van der Waals surface area contributed by atoms with Gasteiger partial charge in [0.05, 0.1) is 0 Å². The molecule has 0 spiro atoms. The number of rotatable bonds is 3. The van der Waals surface area contributed by atoms with Crippen molar-refractivity contribution in [1.29, 1.82) is 0 Å². The molecule has 2 N–H and O–H groups in total. The zero-order valence-corrected chi connectivity index (χ0v) is 10.7. The standard InChI is InChI=1S/C14H13ClN2O/c1-16-12-6-2-4-10(8-12)14(18)17-13-7-3-5-11(15)9-13/h2-9,16H,1H3,(H,17,18). The summed E-state index contributed by atoms with van der Waals surface area (Å²) in [5.41, 5.74) is 2.18. The molecule has 0 fully saturated rings. The minimum absolute atomic E-state index is 0.158. The summed E-state index contributed by atoms with van der Waals surface area (Å²) in [5, 5.41) is 6.39. The van der Waals surface area contributed by atoms with E-state index in [1.54, 1.807) is 36.4 Å². The number of benzene rings is 2. The van der Waals surface area contributed by atoms with Gasteiger partial charge in [-0.2, -0.15) is 0 Å². The second kappa shape index (κ2) is 5.56. The number of amides is 1. The van der Waals surface area contributed by atoms with Gasteiger partial charge in [0.25, 0.3) is 5.91 Å². The maximum atomic E-state index is 12.0. The van der Waals surface area contributed by atoms with E-state index in [0.717, 1.165) is 5.69 Å². The average molecular weight is 261 g/mol. The summed E-state index contributed by atoms with van der Waals surface area (Å²) in [6.07, 6.45) is 0. The fraction of sp³-hybridized carbons (Fsp3) is 0.0714. The lowest BCUT2D eigenvalue weighted by atomic mass is 10.2. The molecule has 4 heteroatoms. The maximum Gasteiger partial charge on any atom is 0.255 e. The van der Waals surface area contributed by atoms with Crippen LogP contribution in [0.4, 0.5) is 11.4 Å². The molecular formula is C14H13ClN2O. The molecule has 0 atom stereocenters. The number of nitrogens with one attached hydrogen (secondary N) is 2. The molecule has 92 valence electrons.